The van der Waals surface area contributed by atoms with Crippen molar-refractivity contribution in [2.45, 2.75) is 24.7 Å². The van der Waals surface area contributed by atoms with Crippen LogP contribution in [0.4, 0.5) is 14.5 Å². The Labute approximate surface area is 96.6 Å². The lowest BCUT2D eigenvalue weighted by molar-refractivity contribution is -0.386. The fourth-order valence-electron chi connectivity index (χ4n) is 2.15. The molecule has 0 saturated heterocycles. The summed E-state index contributed by atoms with van der Waals surface area (Å²) in [5.74, 6) is -2.94. The van der Waals surface area contributed by atoms with Gasteiger partial charge in [-0.25, -0.2) is 8.78 Å². The molecule has 1 aliphatic rings. The first-order chi connectivity index (χ1) is 7.84. The molecule has 4 nitrogen and oxygen atoms in total. The van der Waals surface area contributed by atoms with Gasteiger partial charge in [0.1, 0.15) is 0 Å². The van der Waals surface area contributed by atoms with Crippen molar-refractivity contribution in [3.63, 3.8) is 0 Å². The summed E-state index contributed by atoms with van der Waals surface area (Å²) in [6.07, 6.45) is -0.416. The average molecular weight is 242 g/mol. The number of nitro benzene ring substituents is 1. The molecule has 1 aliphatic carbocycles. The minimum Gasteiger partial charge on any atom is -0.329 e. The van der Waals surface area contributed by atoms with E-state index in [9.17, 15) is 18.9 Å². The maximum absolute atomic E-state index is 13.4. The second-order valence-electron chi connectivity index (χ2n) is 4.45. The summed E-state index contributed by atoms with van der Waals surface area (Å²) >= 11 is 0. The smallest absolute Gasteiger partial charge is 0.273 e. The number of rotatable bonds is 3. The van der Waals surface area contributed by atoms with Crippen molar-refractivity contribution >= 4 is 5.69 Å². The predicted octanol–water partition coefficient (Wildman–Crippen LogP) is 2.14. The van der Waals surface area contributed by atoms with E-state index in [1.807, 2.05) is 0 Å². The molecule has 1 atom stereocenters. The van der Waals surface area contributed by atoms with Crippen LogP contribution in [0.15, 0.2) is 18.2 Å². The predicted molar refractivity (Wildman–Crippen MR) is 58.1 cm³/mol. The lowest BCUT2D eigenvalue weighted by Gasteiger charge is -2.15. The molecule has 1 unspecified atom stereocenters. The summed E-state index contributed by atoms with van der Waals surface area (Å²) in [5.41, 5.74) is 4.32. The van der Waals surface area contributed by atoms with Crippen molar-refractivity contribution < 1.29 is 13.7 Å². The Balaban J connectivity index is 2.59. The molecule has 1 aromatic rings. The Bertz CT molecular complexity index is 490. The van der Waals surface area contributed by atoms with Crippen LogP contribution in [0.1, 0.15) is 17.5 Å². The van der Waals surface area contributed by atoms with Crippen molar-refractivity contribution in [1.29, 1.82) is 0 Å². The standard InChI is InChI=1S/C11H12F2N2O2/c1-7-2-3-9(15(16)17)8(4-7)10(6-14)5-11(10,12)13/h2-4H,5-6,14H2,1H3. The molecule has 0 aromatic heterocycles. The largest absolute Gasteiger partial charge is 0.329 e. The highest BCUT2D eigenvalue weighted by Crippen LogP contribution is 2.62. The fourth-order valence-corrected chi connectivity index (χ4v) is 2.15. The summed E-state index contributed by atoms with van der Waals surface area (Å²) in [6, 6.07) is 4.23. The zero-order valence-electron chi connectivity index (χ0n) is 9.24. The monoisotopic (exact) mass is 242 g/mol. The van der Waals surface area contributed by atoms with Crippen LogP contribution in [-0.4, -0.2) is 17.4 Å². The van der Waals surface area contributed by atoms with Gasteiger partial charge in [0.15, 0.2) is 0 Å². The molecule has 0 bridgehead atoms. The van der Waals surface area contributed by atoms with E-state index < -0.39 is 22.7 Å². The first kappa shape index (κ1) is 11.9. The number of hydrogen-bond donors (Lipinski definition) is 1. The Morgan fingerprint density at radius 3 is 2.53 bits per heavy atom. The topological polar surface area (TPSA) is 69.2 Å². The van der Waals surface area contributed by atoms with Crippen molar-refractivity contribution in [1.82, 2.24) is 0 Å². The molecule has 92 valence electrons. The highest BCUT2D eigenvalue weighted by molar-refractivity contribution is 5.53. The summed E-state index contributed by atoms with van der Waals surface area (Å²) < 4.78 is 26.8. The van der Waals surface area contributed by atoms with Gasteiger partial charge in [0.2, 0.25) is 0 Å². The van der Waals surface area contributed by atoms with Gasteiger partial charge in [0.05, 0.1) is 10.3 Å². The molecule has 1 saturated carbocycles. The van der Waals surface area contributed by atoms with Crippen molar-refractivity contribution in [3.05, 3.63) is 39.4 Å². The van der Waals surface area contributed by atoms with Crippen LogP contribution in [-0.2, 0) is 5.41 Å². The van der Waals surface area contributed by atoms with E-state index in [-0.39, 0.29) is 17.8 Å². The zero-order valence-corrected chi connectivity index (χ0v) is 9.24. The van der Waals surface area contributed by atoms with Crippen LogP contribution < -0.4 is 5.73 Å². The lowest BCUT2D eigenvalue weighted by Crippen LogP contribution is -2.27. The number of hydrogen-bond acceptors (Lipinski definition) is 3. The Kier molecular flexibility index (Phi) is 2.43. The second kappa shape index (κ2) is 3.46. The summed E-state index contributed by atoms with van der Waals surface area (Å²) in [7, 11) is 0. The maximum atomic E-state index is 13.4. The van der Waals surface area contributed by atoms with Gasteiger partial charge in [-0.3, -0.25) is 10.1 Å². The van der Waals surface area contributed by atoms with Crippen LogP contribution in [0.5, 0.6) is 0 Å². The number of nitrogens with two attached hydrogens (primary N) is 1. The van der Waals surface area contributed by atoms with Gasteiger partial charge in [-0.1, -0.05) is 11.6 Å². The van der Waals surface area contributed by atoms with Crippen molar-refractivity contribution in [3.8, 4) is 0 Å². The molecule has 0 radical (unpaired) electrons. The second-order valence-corrected chi connectivity index (χ2v) is 4.45. The van der Waals surface area contributed by atoms with Gasteiger partial charge in [0.25, 0.3) is 11.6 Å². The lowest BCUT2D eigenvalue weighted by atomic mass is 9.92. The highest BCUT2D eigenvalue weighted by atomic mass is 19.3. The van der Waals surface area contributed by atoms with Crippen LogP contribution in [0.25, 0.3) is 0 Å². The van der Waals surface area contributed by atoms with E-state index in [4.69, 9.17) is 5.73 Å². The first-order valence-electron chi connectivity index (χ1n) is 5.17. The number of alkyl halides is 2. The molecular formula is C11H12F2N2O2. The van der Waals surface area contributed by atoms with Crippen molar-refractivity contribution in [2.75, 3.05) is 6.54 Å². The molecule has 6 heteroatoms. The third kappa shape index (κ3) is 1.59. The van der Waals surface area contributed by atoms with Crippen LogP contribution >= 0.6 is 0 Å². The molecule has 2 rings (SSSR count). The van der Waals surface area contributed by atoms with Crippen LogP contribution in [0.2, 0.25) is 0 Å². The Morgan fingerprint density at radius 1 is 1.53 bits per heavy atom. The molecule has 0 spiro atoms. The number of halogens is 2. The van der Waals surface area contributed by atoms with E-state index in [2.05, 4.69) is 0 Å². The molecule has 0 amide bonds. The van der Waals surface area contributed by atoms with Crippen LogP contribution in [0.3, 0.4) is 0 Å². The molecule has 0 aliphatic heterocycles. The minimum absolute atomic E-state index is 0.0509. The first-order valence-corrected chi connectivity index (χ1v) is 5.17. The average Bonchev–Trinajstić information content (AvgIpc) is 2.81. The van der Waals surface area contributed by atoms with Gasteiger partial charge >= 0.3 is 0 Å². The van der Waals surface area contributed by atoms with Gasteiger partial charge in [-0.15, -0.1) is 0 Å². The summed E-state index contributed by atoms with van der Waals surface area (Å²) in [6.45, 7) is 1.42. The molecule has 17 heavy (non-hydrogen) atoms. The van der Waals surface area contributed by atoms with Crippen LogP contribution in [0, 0.1) is 17.0 Å². The third-order valence-corrected chi connectivity index (χ3v) is 3.31. The quantitative estimate of drug-likeness (QED) is 0.652. The molecule has 1 aromatic carbocycles. The number of nitrogens with zero attached hydrogens (tertiary/aromatic N) is 1. The Hall–Kier alpha value is -1.56. The van der Waals surface area contributed by atoms with E-state index in [1.165, 1.54) is 18.2 Å². The zero-order chi connectivity index (χ0) is 12.8. The van der Waals surface area contributed by atoms with E-state index in [0.717, 1.165) is 0 Å². The molecular weight excluding hydrogens is 230 g/mol. The Morgan fingerprint density at radius 2 is 2.12 bits per heavy atom. The third-order valence-electron chi connectivity index (χ3n) is 3.31. The minimum atomic E-state index is -2.94. The van der Waals surface area contributed by atoms with E-state index in [0.29, 0.717) is 5.56 Å². The SMILES string of the molecule is Cc1ccc([N+](=O)[O-])c(C2(CN)CC2(F)F)c1. The van der Waals surface area contributed by atoms with Gasteiger partial charge in [-0.2, -0.15) is 0 Å². The van der Waals surface area contributed by atoms with Gasteiger partial charge < -0.3 is 5.73 Å². The summed E-state index contributed by atoms with van der Waals surface area (Å²) in [5, 5.41) is 10.9. The summed E-state index contributed by atoms with van der Waals surface area (Å²) in [4.78, 5) is 10.2. The van der Waals surface area contributed by atoms with E-state index in [1.54, 1.807) is 6.92 Å². The van der Waals surface area contributed by atoms with Crippen molar-refractivity contribution in [2.24, 2.45) is 5.73 Å². The van der Waals surface area contributed by atoms with Gasteiger partial charge in [0, 0.05) is 24.6 Å². The van der Waals surface area contributed by atoms with E-state index >= 15 is 0 Å². The number of aryl methyl sites for hydroxylation is 1. The van der Waals surface area contributed by atoms with Gasteiger partial charge in [-0.05, 0) is 13.0 Å². The number of benzene rings is 1. The normalized spacial score (nSPS) is 25.6. The fraction of sp³-hybridized carbons (Fsp3) is 0.455. The highest BCUT2D eigenvalue weighted by Gasteiger charge is 2.72. The number of nitro groups is 1. The maximum Gasteiger partial charge on any atom is 0.273 e. The molecule has 0 heterocycles. The molecule has 2 N–H and O–H groups in total. The molecule has 1 fully saturated rings.